The fourth-order valence-corrected chi connectivity index (χ4v) is 8.46. The maximum Gasteiger partial charge on any atom is 0.326 e. The molecule has 0 aliphatic heterocycles. The molecule has 0 aliphatic carbocycles. The monoisotopic (exact) mass is 1190 g/mol. The number of nitrogens with one attached hydrogen (secondary N) is 7. The number of Topliss-reactive ketones (excluding diaryl/α,β-unsaturated/α-hetero) is 1. The van der Waals surface area contributed by atoms with Crippen molar-refractivity contribution < 1.29 is 92.1 Å². The summed E-state index contributed by atoms with van der Waals surface area (Å²) in [6.07, 6.45) is 19.2. The van der Waals surface area contributed by atoms with E-state index in [1.165, 1.54) is 32.1 Å². The summed E-state index contributed by atoms with van der Waals surface area (Å²) in [5, 5.41) is 55.4. The zero-order valence-corrected chi connectivity index (χ0v) is 49.5. The first kappa shape index (κ1) is 77.2. The van der Waals surface area contributed by atoms with Crippen molar-refractivity contribution in [2.45, 2.75) is 217 Å². The van der Waals surface area contributed by atoms with Crippen LogP contribution in [0.4, 0.5) is 0 Å². The number of carbonyl (C=O) groups excluding carboxylic acids is 7. The number of hydrogen-bond donors (Lipinski definition) is 11. The van der Waals surface area contributed by atoms with Crippen LogP contribution in [0.3, 0.4) is 0 Å². The molecule has 0 bridgehead atoms. The molecule has 0 heterocycles. The average molecular weight is 1190 g/mol. The Morgan fingerprint density at radius 3 is 1.14 bits per heavy atom. The van der Waals surface area contributed by atoms with Gasteiger partial charge in [0.15, 0.2) is 0 Å². The van der Waals surface area contributed by atoms with E-state index >= 15 is 0 Å². The van der Waals surface area contributed by atoms with E-state index < -0.39 is 78.7 Å². The number of carbonyl (C=O) groups is 11. The van der Waals surface area contributed by atoms with Gasteiger partial charge in [-0.3, -0.25) is 38.4 Å². The molecule has 0 rings (SSSR count). The molecule has 26 heteroatoms. The summed E-state index contributed by atoms with van der Waals surface area (Å²) in [6, 6.07) is -4.35. The number of carboxylic acids is 4. The summed E-state index contributed by atoms with van der Waals surface area (Å²) in [4.78, 5) is 132. The molecule has 0 aromatic heterocycles. The Balaban J connectivity index is 4.12. The highest BCUT2D eigenvalue weighted by molar-refractivity contribution is 5.87. The van der Waals surface area contributed by atoms with Gasteiger partial charge in [-0.15, -0.1) is 0 Å². The van der Waals surface area contributed by atoms with E-state index in [1.807, 2.05) is 0 Å². The second-order valence-electron chi connectivity index (χ2n) is 20.5. The van der Waals surface area contributed by atoms with Crippen LogP contribution in [0.1, 0.15) is 193 Å². The van der Waals surface area contributed by atoms with E-state index in [1.54, 1.807) is 7.05 Å². The van der Waals surface area contributed by atoms with Gasteiger partial charge in [0.1, 0.15) is 37.1 Å². The van der Waals surface area contributed by atoms with Gasteiger partial charge in [0.2, 0.25) is 35.4 Å². The number of ether oxygens (including phenoxy) is 4. The normalized spacial score (nSPS) is 12.5. The molecule has 0 saturated carbocycles. The maximum absolute atomic E-state index is 12.6. The number of likely N-dealkylation sites (N-methyl/N-ethyl adjacent to an activating group) is 1. The maximum atomic E-state index is 12.6. The molecule has 4 atom stereocenters. The standard InChI is InChI=1S/C57H101N7O19/c1-3-4-17-23-47(65)43(58-2)22-20-21-32-59-52(70)41-82-39-37-80-35-33-61-49(67)30-27-45(56(76)77)63-51(69)31-28-46(57(78)79)64-53(71)42-83-40-38-81-36-34-60-48(66)29-26-44(55(74)75)62-50(68)24-18-15-13-11-9-7-5-6-8-10-12-14-16-19-25-54(72)73/h43-46,58H,3-42H2,1-2H3,(H,59,70)(H,60,66)(H,61,67)(H,62,68)(H,63,69)(H,64,71)(H,72,73)(H,74,75)(H,76,77)(H,78,79). The zero-order chi connectivity index (χ0) is 61.7. The minimum Gasteiger partial charge on any atom is -0.481 e. The smallest absolute Gasteiger partial charge is 0.326 e. The molecular weight excluding hydrogens is 1090 g/mol. The van der Waals surface area contributed by atoms with E-state index in [2.05, 4.69) is 44.1 Å². The quantitative estimate of drug-likeness (QED) is 0.0387. The number of rotatable bonds is 59. The fraction of sp³-hybridized carbons (Fsp3) is 0.807. The number of unbranched alkanes of at least 4 members (excludes halogenated alkanes) is 16. The van der Waals surface area contributed by atoms with Gasteiger partial charge in [0.25, 0.3) is 0 Å². The first-order valence-corrected chi connectivity index (χ1v) is 30.0. The van der Waals surface area contributed by atoms with Gasteiger partial charge in [-0.1, -0.05) is 96.8 Å². The Kier molecular flexibility index (Phi) is 49.2. The lowest BCUT2D eigenvalue weighted by molar-refractivity contribution is -0.144. The molecule has 11 N–H and O–H groups in total. The molecule has 0 fully saturated rings. The van der Waals surface area contributed by atoms with Crippen LogP contribution in [0.2, 0.25) is 0 Å². The lowest BCUT2D eigenvalue weighted by Gasteiger charge is -2.17. The van der Waals surface area contributed by atoms with Crippen molar-refractivity contribution in [2.24, 2.45) is 0 Å². The number of amides is 6. The van der Waals surface area contributed by atoms with Crippen molar-refractivity contribution in [3.05, 3.63) is 0 Å². The van der Waals surface area contributed by atoms with E-state index in [9.17, 15) is 68.1 Å². The van der Waals surface area contributed by atoms with Gasteiger partial charge < -0.3 is 76.6 Å². The highest BCUT2D eigenvalue weighted by Gasteiger charge is 2.25. The van der Waals surface area contributed by atoms with E-state index in [-0.39, 0.29) is 128 Å². The van der Waals surface area contributed by atoms with Crippen molar-refractivity contribution in [3.63, 3.8) is 0 Å². The SMILES string of the molecule is CCCCCC(=O)C(CCCCNC(=O)COCCOCCNC(=O)CCC(NC(=O)CCC(NC(=O)COCCOCCNC(=O)CCC(NC(=O)CCCCCCCCCCCCCCCCC(=O)O)C(=O)O)C(=O)O)C(=O)O)NC. The lowest BCUT2D eigenvalue weighted by Crippen LogP contribution is -2.45. The van der Waals surface area contributed by atoms with Crippen molar-refractivity contribution in [2.75, 3.05) is 79.5 Å². The van der Waals surface area contributed by atoms with E-state index in [4.69, 9.17) is 24.1 Å². The predicted octanol–water partition coefficient (Wildman–Crippen LogP) is 3.68. The second kappa shape index (κ2) is 52.9. The summed E-state index contributed by atoms with van der Waals surface area (Å²) in [6.45, 7) is 2.44. The molecule has 0 aliphatic rings. The minimum absolute atomic E-state index is 0.00709. The molecular formula is C57H101N7O19. The largest absolute Gasteiger partial charge is 0.481 e. The molecule has 4 unspecified atom stereocenters. The molecule has 26 nitrogen and oxygen atoms in total. The third-order valence-corrected chi connectivity index (χ3v) is 13.3. The average Bonchev–Trinajstić information content (AvgIpc) is 3.44. The molecule has 0 aromatic rings. The van der Waals surface area contributed by atoms with Crippen LogP contribution in [0, 0.1) is 0 Å². The van der Waals surface area contributed by atoms with Gasteiger partial charge in [0.05, 0.1) is 45.7 Å². The van der Waals surface area contributed by atoms with Gasteiger partial charge in [-0.2, -0.15) is 0 Å². The highest BCUT2D eigenvalue weighted by Crippen LogP contribution is 2.15. The van der Waals surface area contributed by atoms with Gasteiger partial charge in [0, 0.05) is 58.2 Å². The van der Waals surface area contributed by atoms with E-state index in [0.29, 0.717) is 25.8 Å². The third kappa shape index (κ3) is 48.3. The summed E-state index contributed by atoms with van der Waals surface area (Å²) in [5.74, 6) is -7.84. The number of hydrogen-bond acceptors (Lipinski definition) is 16. The molecule has 478 valence electrons. The molecule has 0 radical (unpaired) electrons. The van der Waals surface area contributed by atoms with Crippen LogP contribution in [-0.4, -0.2) is 189 Å². The van der Waals surface area contributed by atoms with Crippen molar-refractivity contribution in [1.82, 2.24) is 37.2 Å². The Bertz CT molecular complexity index is 1860. The Labute approximate surface area is 489 Å². The number of ketones is 1. The molecule has 6 amide bonds. The molecule has 83 heavy (non-hydrogen) atoms. The van der Waals surface area contributed by atoms with E-state index in [0.717, 1.165) is 83.5 Å². The third-order valence-electron chi connectivity index (χ3n) is 13.3. The first-order valence-electron chi connectivity index (χ1n) is 30.0. The van der Waals surface area contributed by atoms with Gasteiger partial charge in [-0.25, -0.2) is 14.4 Å². The van der Waals surface area contributed by atoms with Crippen LogP contribution in [0.15, 0.2) is 0 Å². The highest BCUT2D eigenvalue weighted by atomic mass is 16.5. The summed E-state index contributed by atoms with van der Waals surface area (Å²) >= 11 is 0. The number of carboxylic acid groups (broad SMARTS) is 4. The van der Waals surface area contributed by atoms with Crippen molar-refractivity contribution in [1.29, 1.82) is 0 Å². The van der Waals surface area contributed by atoms with Crippen LogP contribution >= 0.6 is 0 Å². The minimum atomic E-state index is -1.51. The Morgan fingerprint density at radius 1 is 0.337 bits per heavy atom. The predicted molar refractivity (Wildman–Crippen MR) is 306 cm³/mol. The number of aliphatic carboxylic acids is 4. The van der Waals surface area contributed by atoms with Crippen LogP contribution in [-0.2, 0) is 71.7 Å². The van der Waals surface area contributed by atoms with Gasteiger partial charge >= 0.3 is 23.9 Å². The van der Waals surface area contributed by atoms with Crippen LogP contribution in [0.25, 0.3) is 0 Å². The zero-order valence-electron chi connectivity index (χ0n) is 49.5. The molecule has 0 aromatic carbocycles. The van der Waals surface area contributed by atoms with Crippen LogP contribution < -0.4 is 37.2 Å². The second-order valence-corrected chi connectivity index (χ2v) is 20.5. The molecule has 0 spiro atoms. The van der Waals surface area contributed by atoms with Crippen LogP contribution in [0.5, 0.6) is 0 Å². The Morgan fingerprint density at radius 2 is 0.711 bits per heavy atom. The summed E-state index contributed by atoms with van der Waals surface area (Å²) in [5.41, 5.74) is 0. The summed E-state index contributed by atoms with van der Waals surface area (Å²) in [7, 11) is 1.78. The topological polar surface area (TPSA) is 390 Å². The first-order chi connectivity index (χ1) is 39.9. The fourth-order valence-electron chi connectivity index (χ4n) is 8.46. The molecule has 0 saturated heterocycles. The lowest BCUT2D eigenvalue weighted by atomic mass is 10.0. The van der Waals surface area contributed by atoms with Crippen molar-refractivity contribution >= 4 is 65.1 Å². The Hall–Kier alpha value is -5.83. The van der Waals surface area contributed by atoms with Crippen molar-refractivity contribution in [3.8, 4) is 0 Å². The van der Waals surface area contributed by atoms with Gasteiger partial charge in [-0.05, 0) is 64.8 Å². The summed E-state index contributed by atoms with van der Waals surface area (Å²) < 4.78 is 21.3.